The third-order valence-electron chi connectivity index (χ3n) is 4.50. The van der Waals surface area contributed by atoms with E-state index in [1.165, 1.54) is 18.4 Å². The summed E-state index contributed by atoms with van der Waals surface area (Å²) in [6.45, 7) is 11.1. The largest absolute Gasteiger partial charge is 0.198 e. The van der Waals surface area contributed by atoms with Gasteiger partial charge in [0.1, 0.15) is 0 Å². The monoisotopic (exact) mass is 219 g/mol. The Kier molecular flexibility index (Phi) is 3.84. The molecule has 0 aromatic carbocycles. The minimum absolute atomic E-state index is 0.133. The van der Waals surface area contributed by atoms with Crippen LogP contribution in [0.25, 0.3) is 0 Å². The van der Waals surface area contributed by atoms with Gasteiger partial charge < -0.3 is 0 Å². The summed E-state index contributed by atoms with van der Waals surface area (Å²) in [7, 11) is 0. The van der Waals surface area contributed by atoms with Crippen molar-refractivity contribution in [1.82, 2.24) is 0 Å². The van der Waals surface area contributed by atoms with E-state index in [1.54, 1.807) is 0 Å². The molecule has 1 aliphatic rings. The Morgan fingerprint density at radius 2 is 2.00 bits per heavy atom. The second kappa shape index (κ2) is 4.62. The number of rotatable bonds is 2. The van der Waals surface area contributed by atoms with Crippen molar-refractivity contribution in [2.45, 2.75) is 60.3 Å². The van der Waals surface area contributed by atoms with Gasteiger partial charge >= 0.3 is 0 Å². The average Bonchev–Trinajstić information content (AvgIpc) is 2.23. The van der Waals surface area contributed by atoms with E-state index in [0.29, 0.717) is 11.3 Å². The molecule has 1 saturated carbocycles. The van der Waals surface area contributed by atoms with Crippen LogP contribution in [0.1, 0.15) is 60.3 Å². The van der Waals surface area contributed by atoms with Crippen LogP contribution >= 0.6 is 0 Å². The molecular weight excluding hydrogens is 194 g/mol. The molecular formula is C15H25N. The maximum Gasteiger partial charge on any atom is 0.0690 e. The van der Waals surface area contributed by atoms with Gasteiger partial charge in [-0.2, -0.15) is 5.26 Å². The predicted molar refractivity (Wildman–Crippen MR) is 68.9 cm³/mol. The zero-order chi connectivity index (χ0) is 12.4. The molecule has 0 amide bonds. The highest BCUT2D eigenvalue weighted by Gasteiger charge is 2.46. The van der Waals surface area contributed by atoms with Crippen molar-refractivity contribution in [3.8, 4) is 6.07 Å². The molecule has 1 heteroatoms. The van der Waals surface area contributed by atoms with Crippen molar-refractivity contribution in [2.24, 2.45) is 16.7 Å². The Labute approximate surface area is 101 Å². The fourth-order valence-electron chi connectivity index (χ4n) is 3.20. The minimum Gasteiger partial charge on any atom is -0.198 e. The third-order valence-corrected chi connectivity index (χ3v) is 4.50. The summed E-state index contributed by atoms with van der Waals surface area (Å²) in [5.74, 6) is 0.495. The molecule has 1 nitrogen and oxygen atoms in total. The SMILES string of the molecule is C/C=C(\C)C[C@H]1C(C)(C)CCC[C@]1(C)C#N. The smallest absolute Gasteiger partial charge is 0.0690 e. The molecule has 0 radical (unpaired) electrons. The molecule has 1 rings (SSSR count). The Morgan fingerprint density at radius 1 is 1.38 bits per heavy atom. The second-order valence-electron chi connectivity index (χ2n) is 6.26. The normalized spacial score (nSPS) is 34.5. The summed E-state index contributed by atoms with van der Waals surface area (Å²) >= 11 is 0. The molecule has 0 bridgehead atoms. The molecule has 0 unspecified atom stereocenters. The summed E-state index contributed by atoms with van der Waals surface area (Å²) in [5.41, 5.74) is 1.58. The standard InChI is InChI=1S/C15H25N/c1-6-12(2)10-13-14(3,4)8-7-9-15(13,5)11-16/h6,13H,7-10H2,1-5H3/b12-6+/t13-,15+/m0/s1. The first kappa shape index (κ1) is 13.3. The van der Waals surface area contributed by atoms with Gasteiger partial charge in [-0.25, -0.2) is 0 Å². The van der Waals surface area contributed by atoms with E-state index in [1.807, 2.05) is 0 Å². The quantitative estimate of drug-likeness (QED) is 0.618. The van der Waals surface area contributed by atoms with Crippen molar-refractivity contribution in [3.63, 3.8) is 0 Å². The van der Waals surface area contributed by atoms with E-state index in [0.717, 1.165) is 12.8 Å². The van der Waals surface area contributed by atoms with Crippen LogP contribution in [0.2, 0.25) is 0 Å². The van der Waals surface area contributed by atoms with Gasteiger partial charge in [0.25, 0.3) is 0 Å². The Hall–Kier alpha value is -0.770. The molecule has 0 spiro atoms. The van der Waals surface area contributed by atoms with Gasteiger partial charge in [-0.05, 0) is 51.4 Å². The van der Waals surface area contributed by atoms with Crippen molar-refractivity contribution < 1.29 is 0 Å². The molecule has 16 heavy (non-hydrogen) atoms. The van der Waals surface area contributed by atoms with E-state index >= 15 is 0 Å². The number of nitrogens with zero attached hydrogens (tertiary/aromatic N) is 1. The summed E-state index contributed by atoms with van der Waals surface area (Å²) in [5, 5.41) is 9.47. The van der Waals surface area contributed by atoms with Gasteiger partial charge in [-0.1, -0.05) is 31.9 Å². The van der Waals surface area contributed by atoms with Crippen molar-refractivity contribution >= 4 is 0 Å². The lowest BCUT2D eigenvalue weighted by molar-refractivity contribution is 0.0402. The molecule has 0 saturated heterocycles. The molecule has 0 aromatic heterocycles. The van der Waals surface area contributed by atoms with Crippen LogP contribution in [0.4, 0.5) is 0 Å². The Morgan fingerprint density at radius 3 is 2.50 bits per heavy atom. The Balaban J connectivity index is 2.99. The summed E-state index contributed by atoms with van der Waals surface area (Å²) in [6, 6.07) is 2.59. The summed E-state index contributed by atoms with van der Waals surface area (Å²) in [6.07, 6.45) is 6.78. The van der Waals surface area contributed by atoms with Crippen LogP contribution in [0, 0.1) is 28.1 Å². The van der Waals surface area contributed by atoms with Crippen LogP contribution in [0.3, 0.4) is 0 Å². The number of nitriles is 1. The van der Waals surface area contributed by atoms with Gasteiger partial charge in [0, 0.05) is 0 Å². The molecule has 1 fully saturated rings. The van der Waals surface area contributed by atoms with Gasteiger partial charge in [0.15, 0.2) is 0 Å². The second-order valence-corrected chi connectivity index (χ2v) is 6.26. The average molecular weight is 219 g/mol. The minimum atomic E-state index is -0.133. The molecule has 0 N–H and O–H groups in total. The number of allylic oxidation sites excluding steroid dienone is 2. The van der Waals surface area contributed by atoms with Crippen LogP contribution in [-0.2, 0) is 0 Å². The number of hydrogen-bond donors (Lipinski definition) is 0. The lowest BCUT2D eigenvalue weighted by atomic mass is 9.55. The highest BCUT2D eigenvalue weighted by Crippen LogP contribution is 2.53. The zero-order valence-electron chi connectivity index (χ0n) is 11.4. The van der Waals surface area contributed by atoms with Crippen molar-refractivity contribution in [3.05, 3.63) is 11.6 Å². The van der Waals surface area contributed by atoms with Crippen molar-refractivity contribution in [2.75, 3.05) is 0 Å². The van der Waals surface area contributed by atoms with E-state index in [9.17, 15) is 5.26 Å². The summed E-state index contributed by atoms with van der Waals surface area (Å²) < 4.78 is 0. The maximum absolute atomic E-state index is 9.47. The predicted octanol–water partition coefficient (Wildman–Crippen LogP) is 4.70. The lowest BCUT2D eigenvalue weighted by Crippen LogP contribution is -2.41. The first-order valence-corrected chi connectivity index (χ1v) is 6.39. The molecule has 0 aromatic rings. The van der Waals surface area contributed by atoms with Crippen LogP contribution in [-0.4, -0.2) is 0 Å². The molecule has 0 aliphatic heterocycles. The van der Waals surface area contributed by atoms with Crippen molar-refractivity contribution in [1.29, 1.82) is 5.26 Å². The first-order chi connectivity index (χ1) is 7.35. The third kappa shape index (κ3) is 2.48. The number of hydrogen-bond acceptors (Lipinski definition) is 1. The lowest BCUT2D eigenvalue weighted by Gasteiger charge is -2.47. The van der Waals surface area contributed by atoms with Gasteiger partial charge in [0.05, 0.1) is 11.5 Å². The van der Waals surface area contributed by atoms with E-state index in [4.69, 9.17) is 0 Å². The molecule has 2 atom stereocenters. The van der Waals surface area contributed by atoms with E-state index in [2.05, 4.69) is 46.8 Å². The fraction of sp³-hybridized carbons (Fsp3) is 0.800. The van der Waals surface area contributed by atoms with E-state index in [-0.39, 0.29) is 5.41 Å². The van der Waals surface area contributed by atoms with Gasteiger partial charge in [-0.3, -0.25) is 0 Å². The van der Waals surface area contributed by atoms with Crippen LogP contribution < -0.4 is 0 Å². The van der Waals surface area contributed by atoms with Gasteiger partial charge in [-0.15, -0.1) is 0 Å². The topological polar surface area (TPSA) is 23.8 Å². The highest BCUT2D eigenvalue weighted by atomic mass is 14.5. The Bertz CT molecular complexity index is 319. The maximum atomic E-state index is 9.47. The van der Waals surface area contributed by atoms with Crippen LogP contribution in [0.15, 0.2) is 11.6 Å². The molecule has 1 aliphatic carbocycles. The summed E-state index contributed by atoms with van der Waals surface area (Å²) in [4.78, 5) is 0. The zero-order valence-corrected chi connectivity index (χ0v) is 11.4. The highest BCUT2D eigenvalue weighted by molar-refractivity contribution is 5.11. The van der Waals surface area contributed by atoms with Crippen LogP contribution in [0.5, 0.6) is 0 Å². The van der Waals surface area contributed by atoms with E-state index < -0.39 is 0 Å². The molecule has 90 valence electrons. The van der Waals surface area contributed by atoms with Gasteiger partial charge in [0.2, 0.25) is 0 Å². The fourth-order valence-corrected chi connectivity index (χ4v) is 3.20. The molecule has 0 heterocycles. The first-order valence-electron chi connectivity index (χ1n) is 6.39.